The molecule has 0 bridgehead atoms. The smallest absolute Gasteiger partial charge is 0.267 e. The van der Waals surface area contributed by atoms with Gasteiger partial charge in [0, 0.05) is 15.6 Å². The molecule has 0 aromatic heterocycles. The average molecular weight is 343 g/mol. The summed E-state index contributed by atoms with van der Waals surface area (Å²) < 4.78 is 0.880. The predicted octanol–water partition coefficient (Wildman–Crippen LogP) is 3.92. The molecule has 1 aliphatic carbocycles. The van der Waals surface area contributed by atoms with E-state index in [0.29, 0.717) is 5.56 Å². The number of hydrogen-bond acceptors (Lipinski definition) is 2. The second kappa shape index (κ2) is 6.22. The Balaban J connectivity index is 1.79. The molecule has 3 rings (SSSR count). The van der Waals surface area contributed by atoms with Gasteiger partial charge >= 0.3 is 0 Å². The van der Waals surface area contributed by atoms with Crippen LogP contribution in [0.1, 0.15) is 34.3 Å². The normalized spacial score (nSPS) is 15.6. The molecule has 0 fully saturated rings. The van der Waals surface area contributed by atoms with Crippen molar-refractivity contribution >= 4 is 27.5 Å². The number of aryl methyl sites for hydroxylation is 1. The van der Waals surface area contributed by atoms with Gasteiger partial charge in [-0.15, -0.1) is 0 Å². The Hall–Kier alpha value is -1.94. The molecule has 0 saturated heterocycles. The molecule has 1 amide bonds. The van der Waals surface area contributed by atoms with E-state index in [9.17, 15) is 4.79 Å². The van der Waals surface area contributed by atoms with Crippen molar-refractivity contribution in [1.29, 1.82) is 0 Å². The van der Waals surface area contributed by atoms with Gasteiger partial charge in [-0.2, -0.15) is 5.10 Å². The Kier molecular flexibility index (Phi) is 4.15. The zero-order valence-electron chi connectivity index (χ0n) is 11.5. The summed E-state index contributed by atoms with van der Waals surface area (Å²) in [4.78, 5) is 12.1. The molecule has 2 aromatic carbocycles. The molecule has 0 unspecified atom stereocenters. The minimum absolute atomic E-state index is 0.188. The van der Waals surface area contributed by atoms with Gasteiger partial charge in [0.25, 0.3) is 5.91 Å². The third-order valence-corrected chi connectivity index (χ3v) is 4.06. The standard InChI is InChI=1S/C17H15BrN2O/c18-14-8-3-7-13(11-14)17(21)20-19-16-10-4-6-12-5-1-2-9-15(12)16/h1-3,5,7-9,11H,4,6,10H2,(H,20,21)/b19-16-. The number of carbonyl (C=O) groups excluding carboxylic acids is 1. The monoisotopic (exact) mass is 342 g/mol. The minimum Gasteiger partial charge on any atom is -0.267 e. The van der Waals surface area contributed by atoms with Crippen LogP contribution in [0.25, 0.3) is 0 Å². The van der Waals surface area contributed by atoms with Crippen LogP contribution in [0.4, 0.5) is 0 Å². The topological polar surface area (TPSA) is 41.5 Å². The maximum absolute atomic E-state index is 12.1. The van der Waals surface area contributed by atoms with Crippen molar-refractivity contribution in [3.63, 3.8) is 0 Å². The SMILES string of the molecule is O=C(N/N=C1/CCCc2ccccc21)c1cccc(Br)c1. The van der Waals surface area contributed by atoms with E-state index in [1.54, 1.807) is 12.1 Å². The lowest BCUT2D eigenvalue weighted by Crippen LogP contribution is -2.22. The molecule has 0 aliphatic heterocycles. The summed E-state index contributed by atoms with van der Waals surface area (Å²) in [6.45, 7) is 0. The third-order valence-electron chi connectivity index (χ3n) is 3.57. The van der Waals surface area contributed by atoms with Crippen molar-refractivity contribution in [2.24, 2.45) is 5.10 Å². The number of hydrogen-bond donors (Lipinski definition) is 1. The van der Waals surface area contributed by atoms with E-state index in [2.05, 4.69) is 38.6 Å². The quantitative estimate of drug-likeness (QED) is 0.825. The van der Waals surface area contributed by atoms with Crippen molar-refractivity contribution in [2.45, 2.75) is 19.3 Å². The maximum Gasteiger partial charge on any atom is 0.271 e. The Labute approximate surface area is 132 Å². The van der Waals surface area contributed by atoms with Gasteiger partial charge in [0.15, 0.2) is 0 Å². The number of fused-ring (bicyclic) bond motifs is 1. The Morgan fingerprint density at radius 2 is 1.95 bits per heavy atom. The van der Waals surface area contributed by atoms with E-state index in [4.69, 9.17) is 0 Å². The van der Waals surface area contributed by atoms with Gasteiger partial charge in [-0.3, -0.25) is 4.79 Å². The first-order valence-corrected chi connectivity index (χ1v) is 7.74. The molecule has 0 heterocycles. The summed E-state index contributed by atoms with van der Waals surface area (Å²) in [6.07, 6.45) is 3.05. The lowest BCUT2D eigenvalue weighted by Gasteiger charge is -2.17. The number of nitrogens with one attached hydrogen (secondary N) is 1. The highest BCUT2D eigenvalue weighted by molar-refractivity contribution is 9.10. The summed E-state index contributed by atoms with van der Waals surface area (Å²) in [5, 5.41) is 4.33. The van der Waals surface area contributed by atoms with Crippen LogP contribution in [0.3, 0.4) is 0 Å². The van der Waals surface area contributed by atoms with E-state index in [-0.39, 0.29) is 5.91 Å². The number of carbonyl (C=O) groups is 1. The van der Waals surface area contributed by atoms with Crippen LogP contribution in [0.15, 0.2) is 58.1 Å². The number of amides is 1. The van der Waals surface area contributed by atoms with Gasteiger partial charge in [-0.25, -0.2) is 5.43 Å². The lowest BCUT2D eigenvalue weighted by atomic mass is 9.90. The van der Waals surface area contributed by atoms with Gasteiger partial charge in [-0.05, 0) is 43.0 Å². The molecule has 2 aromatic rings. The second-order valence-electron chi connectivity index (χ2n) is 5.02. The zero-order chi connectivity index (χ0) is 14.7. The van der Waals surface area contributed by atoms with Crippen molar-refractivity contribution in [1.82, 2.24) is 5.43 Å². The molecule has 1 N–H and O–H groups in total. The van der Waals surface area contributed by atoms with Crippen molar-refractivity contribution < 1.29 is 4.79 Å². The molecule has 0 saturated carbocycles. The van der Waals surface area contributed by atoms with Gasteiger partial charge < -0.3 is 0 Å². The zero-order valence-corrected chi connectivity index (χ0v) is 13.1. The van der Waals surface area contributed by atoms with Gasteiger partial charge in [0.05, 0.1) is 5.71 Å². The van der Waals surface area contributed by atoms with Crippen LogP contribution in [0.2, 0.25) is 0 Å². The summed E-state index contributed by atoms with van der Waals surface area (Å²) in [6, 6.07) is 15.5. The average Bonchev–Trinajstić information content (AvgIpc) is 2.52. The molecule has 0 spiro atoms. The fraction of sp³-hybridized carbons (Fsp3) is 0.176. The summed E-state index contributed by atoms with van der Waals surface area (Å²) in [7, 11) is 0. The highest BCUT2D eigenvalue weighted by Gasteiger charge is 2.15. The predicted molar refractivity (Wildman–Crippen MR) is 87.5 cm³/mol. The second-order valence-corrected chi connectivity index (χ2v) is 5.94. The number of nitrogens with zero attached hydrogens (tertiary/aromatic N) is 1. The van der Waals surface area contributed by atoms with Crippen molar-refractivity contribution in [3.05, 3.63) is 69.7 Å². The van der Waals surface area contributed by atoms with E-state index in [1.807, 2.05) is 24.3 Å². The maximum atomic E-state index is 12.1. The molecular weight excluding hydrogens is 328 g/mol. The van der Waals surface area contributed by atoms with Crippen molar-refractivity contribution in [3.8, 4) is 0 Å². The Morgan fingerprint density at radius 3 is 2.81 bits per heavy atom. The minimum atomic E-state index is -0.188. The first kappa shape index (κ1) is 14.0. The number of benzene rings is 2. The summed E-state index contributed by atoms with van der Waals surface area (Å²) in [5.41, 5.74) is 6.67. The Morgan fingerprint density at radius 1 is 1.10 bits per heavy atom. The van der Waals surface area contributed by atoms with Crippen molar-refractivity contribution in [2.75, 3.05) is 0 Å². The first-order valence-electron chi connectivity index (χ1n) is 6.95. The van der Waals surface area contributed by atoms with Crippen LogP contribution in [-0.2, 0) is 6.42 Å². The molecule has 0 radical (unpaired) electrons. The summed E-state index contributed by atoms with van der Waals surface area (Å²) in [5.74, 6) is -0.188. The summed E-state index contributed by atoms with van der Waals surface area (Å²) >= 11 is 3.36. The lowest BCUT2D eigenvalue weighted by molar-refractivity contribution is 0.0954. The van der Waals surface area contributed by atoms with Crippen LogP contribution < -0.4 is 5.43 Å². The molecule has 0 atom stereocenters. The van der Waals surface area contributed by atoms with E-state index >= 15 is 0 Å². The molecular formula is C17H15BrN2O. The van der Waals surface area contributed by atoms with E-state index in [0.717, 1.165) is 35.0 Å². The molecule has 3 nitrogen and oxygen atoms in total. The first-order chi connectivity index (χ1) is 10.2. The fourth-order valence-corrected chi connectivity index (χ4v) is 2.93. The number of halogens is 1. The molecule has 106 valence electrons. The van der Waals surface area contributed by atoms with E-state index < -0.39 is 0 Å². The molecule has 4 heteroatoms. The van der Waals surface area contributed by atoms with Gasteiger partial charge in [0.1, 0.15) is 0 Å². The van der Waals surface area contributed by atoms with Crippen LogP contribution in [0.5, 0.6) is 0 Å². The van der Waals surface area contributed by atoms with Gasteiger partial charge in [0.2, 0.25) is 0 Å². The Bertz CT molecular complexity index is 709. The highest BCUT2D eigenvalue weighted by atomic mass is 79.9. The highest BCUT2D eigenvalue weighted by Crippen LogP contribution is 2.21. The molecule has 1 aliphatic rings. The largest absolute Gasteiger partial charge is 0.271 e. The van der Waals surface area contributed by atoms with Gasteiger partial charge in [-0.1, -0.05) is 46.3 Å². The van der Waals surface area contributed by atoms with Crippen LogP contribution >= 0.6 is 15.9 Å². The van der Waals surface area contributed by atoms with Crippen LogP contribution in [0, 0.1) is 0 Å². The fourth-order valence-electron chi connectivity index (χ4n) is 2.53. The third kappa shape index (κ3) is 3.22. The van der Waals surface area contributed by atoms with Crippen LogP contribution in [-0.4, -0.2) is 11.6 Å². The van der Waals surface area contributed by atoms with E-state index in [1.165, 1.54) is 5.56 Å². The molecule has 21 heavy (non-hydrogen) atoms. The number of rotatable bonds is 2. The number of hydrazone groups is 1.